The molecule has 0 aliphatic carbocycles. The number of nitrogens with one attached hydrogen (secondary N) is 3. The van der Waals surface area contributed by atoms with E-state index in [-0.39, 0.29) is 18.8 Å². The van der Waals surface area contributed by atoms with Gasteiger partial charge in [0.25, 0.3) is 0 Å². The third kappa shape index (κ3) is 11.0. The molecule has 148 valence electrons. The summed E-state index contributed by atoms with van der Waals surface area (Å²) in [6, 6.07) is -1.92. The monoisotopic (exact) mass is 373 g/mol. The molecule has 0 aromatic rings. The number of carbonyl (C=O) groups excluding carboxylic acids is 4. The highest BCUT2D eigenvalue weighted by Crippen LogP contribution is 2.04. The van der Waals surface area contributed by atoms with Gasteiger partial charge in [0.1, 0.15) is 12.6 Å². The minimum Gasteiger partial charge on any atom is -0.480 e. The van der Waals surface area contributed by atoms with Crippen molar-refractivity contribution in [2.24, 2.45) is 17.4 Å². The van der Waals surface area contributed by atoms with Gasteiger partial charge in [0.2, 0.25) is 23.6 Å². The first kappa shape index (κ1) is 23.3. The van der Waals surface area contributed by atoms with Crippen LogP contribution < -0.4 is 27.4 Å². The highest BCUT2D eigenvalue weighted by molar-refractivity contribution is 5.92. The standard InChI is InChI=1S/C15H27N5O6/c1-8(2)5-9(16)14(25)20-10(3-4-11(17)21)15(26)19-6-12(22)18-7-13(23)24/h8-10H,3-7,16H2,1-2H3,(H2,17,21)(H,18,22)(H,19,26)(H,20,25)(H,23,24). The minimum atomic E-state index is -1.23. The van der Waals surface area contributed by atoms with Gasteiger partial charge in [0, 0.05) is 6.42 Å². The van der Waals surface area contributed by atoms with Crippen LogP contribution in [0.3, 0.4) is 0 Å². The van der Waals surface area contributed by atoms with E-state index < -0.39 is 54.8 Å². The van der Waals surface area contributed by atoms with Crippen molar-refractivity contribution in [3.8, 4) is 0 Å². The molecule has 0 bridgehead atoms. The van der Waals surface area contributed by atoms with Crippen molar-refractivity contribution >= 4 is 29.6 Å². The molecule has 26 heavy (non-hydrogen) atoms. The third-order valence-electron chi connectivity index (χ3n) is 3.23. The van der Waals surface area contributed by atoms with E-state index >= 15 is 0 Å². The Morgan fingerprint density at radius 2 is 1.62 bits per heavy atom. The van der Waals surface area contributed by atoms with Gasteiger partial charge in [0.05, 0.1) is 12.6 Å². The SMILES string of the molecule is CC(C)CC(N)C(=O)NC(CCC(N)=O)C(=O)NCC(=O)NCC(=O)O. The molecule has 11 heteroatoms. The Balaban J connectivity index is 4.71. The Morgan fingerprint density at radius 1 is 1.00 bits per heavy atom. The second-order valence-electron chi connectivity index (χ2n) is 6.19. The van der Waals surface area contributed by atoms with Crippen molar-refractivity contribution in [3.05, 3.63) is 0 Å². The number of nitrogens with two attached hydrogens (primary N) is 2. The molecule has 0 fully saturated rings. The van der Waals surface area contributed by atoms with E-state index in [2.05, 4.69) is 16.0 Å². The van der Waals surface area contributed by atoms with E-state index in [0.717, 1.165) is 0 Å². The van der Waals surface area contributed by atoms with E-state index in [4.69, 9.17) is 16.6 Å². The van der Waals surface area contributed by atoms with Gasteiger partial charge >= 0.3 is 5.97 Å². The molecule has 0 aliphatic rings. The summed E-state index contributed by atoms with van der Waals surface area (Å²) in [6.07, 6.45) is 0.203. The molecule has 0 radical (unpaired) electrons. The van der Waals surface area contributed by atoms with Crippen LogP contribution in [0.2, 0.25) is 0 Å². The van der Waals surface area contributed by atoms with Crippen LogP contribution in [0, 0.1) is 5.92 Å². The fraction of sp³-hybridized carbons (Fsp3) is 0.667. The summed E-state index contributed by atoms with van der Waals surface area (Å²) in [5.74, 6) is -3.68. The van der Waals surface area contributed by atoms with Crippen LogP contribution in [0.4, 0.5) is 0 Å². The van der Waals surface area contributed by atoms with Gasteiger partial charge < -0.3 is 32.5 Å². The van der Waals surface area contributed by atoms with E-state index in [1.165, 1.54) is 0 Å². The Hall–Kier alpha value is -2.69. The molecule has 0 spiro atoms. The molecule has 0 heterocycles. The molecule has 0 rings (SSSR count). The van der Waals surface area contributed by atoms with Crippen molar-refractivity contribution in [1.29, 1.82) is 0 Å². The first-order valence-electron chi connectivity index (χ1n) is 8.13. The number of hydrogen-bond acceptors (Lipinski definition) is 6. The smallest absolute Gasteiger partial charge is 0.322 e. The number of primary amides is 1. The number of hydrogen-bond donors (Lipinski definition) is 6. The zero-order valence-electron chi connectivity index (χ0n) is 14.9. The molecule has 2 atom stereocenters. The average Bonchev–Trinajstić information content (AvgIpc) is 2.53. The van der Waals surface area contributed by atoms with Crippen LogP contribution in [0.5, 0.6) is 0 Å². The van der Waals surface area contributed by atoms with Crippen LogP contribution in [-0.2, 0) is 24.0 Å². The topological polar surface area (TPSA) is 194 Å². The highest BCUT2D eigenvalue weighted by Gasteiger charge is 2.24. The van der Waals surface area contributed by atoms with Gasteiger partial charge in [-0.1, -0.05) is 13.8 Å². The number of carbonyl (C=O) groups is 5. The number of rotatable bonds is 12. The fourth-order valence-electron chi connectivity index (χ4n) is 1.98. The molecule has 4 amide bonds. The van der Waals surface area contributed by atoms with E-state index in [1.54, 1.807) is 0 Å². The second-order valence-corrected chi connectivity index (χ2v) is 6.19. The maximum Gasteiger partial charge on any atom is 0.322 e. The summed E-state index contributed by atoms with van der Waals surface area (Å²) in [5, 5.41) is 15.2. The molecule has 0 saturated heterocycles. The predicted octanol–water partition coefficient (Wildman–Crippen LogP) is -2.57. The number of amides is 4. The second kappa shape index (κ2) is 11.8. The van der Waals surface area contributed by atoms with Gasteiger partial charge in [0.15, 0.2) is 0 Å². The highest BCUT2D eigenvalue weighted by atomic mass is 16.4. The maximum atomic E-state index is 12.2. The average molecular weight is 373 g/mol. The van der Waals surface area contributed by atoms with Crippen LogP contribution in [0.1, 0.15) is 33.1 Å². The largest absolute Gasteiger partial charge is 0.480 e. The van der Waals surface area contributed by atoms with Crippen molar-refractivity contribution in [3.63, 3.8) is 0 Å². The van der Waals surface area contributed by atoms with Crippen molar-refractivity contribution in [2.75, 3.05) is 13.1 Å². The maximum absolute atomic E-state index is 12.2. The lowest BCUT2D eigenvalue weighted by molar-refractivity contribution is -0.138. The lowest BCUT2D eigenvalue weighted by atomic mass is 10.0. The molecule has 0 aromatic carbocycles. The number of aliphatic carboxylic acids is 1. The molecule has 0 saturated carbocycles. The van der Waals surface area contributed by atoms with Crippen molar-refractivity contribution < 1.29 is 29.1 Å². The van der Waals surface area contributed by atoms with Crippen molar-refractivity contribution in [1.82, 2.24) is 16.0 Å². The van der Waals surface area contributed by atoms with Crippen LogP contribution in [0.15, 0.2) is 0 Å². The first-order valence-corrected chi connectivity index (χ1v) is 8.13. The Morgan fingerprint density at radius 3 is 2.12 bits per heavy atom. The zero-order valence-corrected chi connectivity index (χ0v) is 14.9. The lowest BCUT2D eigenvalue weighted by Crippen LogP contribution is -2.53. The third-order valence-corrected chi connectivity index (χ3v) is 3.23. The summed E-state index contributed by atoms with van der Waals surface area (Å²) in [5.41, 5.74) is 10.8. The number of carboxylic acids is 1. The zero-order chi connectivity index (χ0) is 20.3. The van der Waals surface area contributed by atoms with Gasteiger partial charge in [-0.05, 0) is 18.8 Å². The first-order chi connectivity index (χ1) is 12.0. The van der Waals surface area contributed by atoms with E-state index in [1.807, 2.05) is 13.8 Å². The van der Waals surface area contributed by atoms with Crippen LogP contribution in [-0.4, -0.2) is 59.9 Å². The minimum absolute atomic E-state index is 0.0575. The summed E-state index contributed by atoms with van der Waals surface area (Å²) < 4.78 is 0. The Labute approximate surface area is 151 Å². The predicted molar refractivity (Wildman–Crippen MR) is 91.4 cm³/mol. The van der Waals surface area contributed by atoms with Gasteiger partial charge in [-0.3, -0.25) is 24.0 Å². The summed E-state index contributed by atoms with van der Waals surface area (Å²) in [4.78, 5) is 57.0. The fourth-order valence-corrected chi connectivity index (χ4v) is 1.98. The Kier molecular flexibility index (Phi) is 10.6. The molecular weight excluding hydrogens is 346 g/mol. The number of carboxylic acid groups (broad SMARTS) is 1. The van der Waals surface area contributed by atoms with Crippen LogP contribution in [0.25, 0.3) is 0 Å². The summed E-state index contributed by atoms with van der Waals surface area (Å²) in [6.45, 7) is 2.72. The quantitative estimate of drug-likeness (QED) is 0.216. The Bertz CT molecular complexity index is 537. The molecule has 2 unspecified atom stereocenters. The van der Waals surface area contributed by atoms with Crippen LogP contribution >= 0.6 is 0 Å². The summed E-state index contributed by atoms with van der Waals surface area (Å²) >= 11 is 0. The molecular formula is C15H27N5O6. The van der Waals surface area contributed by atoms with Gasteiger partial charge in [-0.15, -0.1) is 0 Å². The normalized spacial score (nSPS) is 12.8. The molecule has 8 N–H and O–H groups in total. The molecule has 0 aromatic heterocycles. The van der Waals surface area contributed by atoms with E-state index in [0.29, 0.717) is 6.42 Å². The lowest BCUT2D eigenvalue weighted by Gasteiger charge is -2.21. The van der Waals surface area contributed by atoms with Gasteiger partial charge in [-0.25, -0.2) is 0 Å². The van der Waals surface area contributed by atoms with Gasteiger partial charge in [-0.2, -0.15) is 0 Å². The van der Waals surface area contributed by atoms with E-state index in [9.17, 15) is 24.0 Å². The molecule has 0 aliphatic heterocycles. The molecule has 11 nitrogen and oxygen atoms in total. The summed E-state index contributed by atoms with van der Waals surface area (Å²) in [7, 11) is 0. The van der Waals surface area contributed by atoms with Crippen molar-refractivity contribution in [2.45, 2.75) is 45.2 Å².